The van der Waals surface area contributed by atoms with Crippen LogP contribution in [-0.4, -0.2) is 44.7 Å². The normalized spacial score (nSPS) is 10.9. The lowest BCUT2D eigenvalue weighted by Crippen LogP contribution is -2.36. The summed E-state index contributed by atoms with van der Waals surface area (Å²) in [5, 5.41) is 2.64. The van der Waals surface area contributed by atoms with Crippen molar-refractivity contribution in [1.29, 1.82) is 0 Å². The Bertz CT molecular complexity index is 472. The molecular weight excluding hydrogens is 334 g/mol. The third-order valence-electron chi connectivity index (χ3n) is 2.61. The van der Waals surface area contributed by atoms with Crippen LogP contribution >= 0.6 is 15.9 Å². The Balaban J connectivity index is 2.56. The molecule has 1 rings (SSSR count). The second-order valence-corrected chi connectivity index (χ2v) is 5.19. The van der Waals surface area contributed by atoms with Crippen LogP contribution in [0.3, 0.4) is 0 Å². The molecule has 0 saturated carbocycles. The van der Waals surface area contributed by atoms with Crippen molar-refractivity contribution in [2.45, 2.75) is 6.54 Å². The molecule has 0 atom stereocenters. The molecule has 0 saturated heterocycles. The van der Waals surface area contributed by atoms with E-state index in [9.17, 15) is 13.6 Å². The average molecular weight is 351 g/mol. The summed E-state index contributed by atoms with van der Waals surface area (Å²) in [7, 11) is 3.16. The summed E-state index contributed by atoms with van der Waals surface area (Å²) in [6.45, 7) is 0.886. The number of nitrogens with zero attached hydrogens (tertiary/aromatic N) is 1. The first kappa shape index (κ1) is 17.0. The Morgan fingerprint density at radius 1 is 1.45 bits per heavy atom. The molecule has 0 fully saturated rings. The maximum absolute atomic E-state index is 13.8. The lowest BCUT2D eigenvalue weighted by Gasteiger charge is -2.17. The first-order chi connectivity index (χ1) is 9.45. The molecule has 0 radical (unpaired) electrons. The molecule has 112 valence electrons. The second-order valence-electron chi connectivity index (χ2n) is 4.34. The third-order valence-corrected chi connectivity index (χ3v) is 3.22. The van der Waals surface area contributed by atoms with Crippen LogP contribution in [0.1, 0.15) is 5.56 Å². The minimum atomic E-state index is -0.642. The molecule has 4 nitrogen and oxygen atoms in total. The van der Waals surface area contributed by atoms with E-state index < -0.39 is 11.6 Å². The van der Waals surface area contributed by atoms with Crippen molar-refractivity contribution in [3.8, 4) is 0 Å². The van der Waals surface area contributed by atoms with Crippen LogP contribution in [-0.2, 0) is 16.1 Å². The summed E-state index contributed by atoms with van der Waals surface area (Å²) in [6, 6.07) is 2.50. The standard InChI is InChI=1S/C13H17BrF2N2O2/c1-18(8-12(19)17-5-6-20-2)7-9-11(15)4-3-10(14)13(9)16/h3-4H,5-8H2,1-2H3,(H,17,19). The Labute approximate surface area is 125 Å². The van der Waals surface area contributed by atoms with Gasteiger partial charge in [-0.25, -0.2) is 8.78 Å². The van der Waals surface area contributed by atoms with E-state index in [-0.39, 0.29) is 29.0 Å². The van der Waals surface area contributed by atoms with Crippen LogP contribution in [0.4, 0.5) is 8.78 Å². The lowest BCUT2D eigenvalue weighted by atomic mass is 10.2. The number of hydrogen-bond acceptors (Lipinski definition) is 3. The lowest BCUT2D eigenvalue weighted by molar-refractivity contribution is -0.122. The molecule has 0 bridgehead atoms. The number of hydrogen-bond donors (Lipinski definition) is 1. The average Bonchev–Trinajstić information content (AvgIpc) is 2.39. The molecular formula is C13H17BrF2N2O2. The molecule has 7 heteroatoms. The van der Waals surface area contributed by atoms with Gasteiger partial charge in [-0.2, -0.15) is 0 Å². The number of ether oxygens (including phenoxy) is 1. The van der Waals surface area contributed by atoms with Gasteiger partial charge in [0.1, 0.15) is 11.6 Å². The number of benzene rings is 1. The molecule has 1 amide bonds. The number of carbonyl (C=O) groups excluding carboxylic acids is 1. The highest BCUT2D eigenvalue weighted by Crippen LogP contribution is 2.22. The summed E-state index contributed by atoms with van der Waals surface area (Å²) >= 11 is 3.01. The van der Waals surface area contributed by atoms with Crippen LogP contribution in [0.2, 0.25) is 0 Å². The Morgan fingerprint density at radius 2 is 2.15 bits per heavy atom. The SMILES string of the molecule is COCCNC(=O)CN(C)Cc1c(F)ccc(Br)c1F. The highest BCUT2D eigenvalue weighted by Gasteiger charge is 2.15. The van der Waals surface area contributed by atoms with E-state index in [1.54, 1.807) is 7.05 Å². The van der Waals surface area contributed by atoms with Gasteiger partial charge in [-0.3, -0.25) is 9.69 Å². The van der Waals surface area contributed by atoms with Gasteiger partial charge in [0.25, 0.3) is 0 Å². The maximum Gasteiger partial charge on any atom is 0.234 e. The predicted molar refractivity (Wildman–Crippen MR) is 75.3 cm³/mol. The van der Waals surface area contributed by atoms with Crippen molar-refractivity contribution in [3.05, 3.63) is 33.8 Å². The zero-order chi connectivity index (χ0) is 15.1. The van der Waals surface area contributed by atoms with Gasteiger partial charge in [0.2, 0.25) is 5.91 Å². The van der Waals surface area contributed by atoms with E-state index in [4.69, 9.17) is 4.74 Å². The molecule has 0 aliphatic heterocycles. The van der Waals surface area contributed by atoms with Crippen LogP contribution in [0.15, 0.2) is 16.6 Å². The third kappa shape index (κ3) is 5.15. The number of nitrogens with one attached hydrogen (secondary N) is 1. The van der Waals surface area contributed by atoms with Crippen molar-refractivity contribution >= 4 is 21.8 Å². The van der Waals surface area contributed by atoms with Gasteiger partial charge in [0.05, 0.1) is 17.6 Å². The summed E-state index contributed by atoms with van der Waals surface area (Å²) in [6.07, 6.45) is 0. The number of likely N-dealkylation sites (N-methyl/N-ethyl adjacent to an activating group) is 1. The Kier molecular flexibility index (Phi) is 7.04. The van der Waals surface area contributed by atoms with E-state index in [0.717, 1.165) is 0 Å². The van der Waals surface area contributed by atoms with E-state index in [1.807, 2.05) is 0 Å². The molecule has 0 aromatic heterocycles. The number of rotatable bonds is 7. The van der Waals surface area contributed by atoms with Crippen LogP contribution in [0.5, 0.6) is 0 Å². The Hall–Kier alpha value is -1.05. The van der Waals surface area contributed by atoms with Gasteiger partial charge < -0.3 is 10.1 Å². The van der Waals surface area contributed by atoms with Crippen molar-refractivity contribution in [2.75, 3.05) is 33.9 Å². The van der Waals surface area contributed by atoms with Gasteiger partial charge in [-0.05, 0) is 35.1 Å². The van der Waals surface area contributed by atoms with Crippen molar-refractivity contribution in [3.63, 3.8) is 0 Å². The summed E-state index contributed by atoms with van der Waals surface area (Å²) in [5.41, 5.74) is -0.0634. The van der Waals surface area contributed by atoms with Gasteiger partial charge >= 0.3 is 0 Å². The van der Waals surface area contributed by atoms with Gasteiger partial charge in [0, 0.05) is 25.8 Å². The highest BCUT2D eigenvalue weighted by molar-refractivity contribution is 9.10. The topological polar surface area (TPSA) is 41.6 Å². The first-order valence-electron chi connectivity index (χ1n) is 6.02. The monoisotopic (exact) mass is 350 g/mol. The summed E-state index contributed by atoms with van der Waals surface area (Å²) in [4.78, 5) is 13.1. The number of amides is 1. The molecule has 0 aliphatic rings. The number of carbonyl (C=O) groups is 1. The zero-order valence-electron chi connectivity index (χ0n) is 11.4. The van der Waals surface area contributed by atoms with E-state index >= 15 is 0 Å². The quantitative estimate of drug-likeness (QED) is 0.603. The maximum atomic E-state index is 13.8. The Morgan fingerprint density at radius 3 is 2.80 bits per heavy atom. The number of halogens is 3. The minimum Gasteiger partial charge on any atom is -0.383 e. The first-order valence-corrected chi connectivity index (χ1v) is 6.81. The van der Waals surface area contributed by atoms with Crippen LogP contribution in [0, 0.1) is 11.6 Å². The smallest absolute Gasteiger partial charge is 0.234 e. The molecule has 0 aliphatic carbocycles. The fraction of sp³-hybridized carbons (Fsp3) is 0.462. The minimum absolute atomic E-state index is 0.00873. The van der Waals surface area contributed by atoms with Gasteiger partial charge in [0.15, 0.2) is 0 Å². The van der Waals surface area contributed by atoms with Crippen LogP contribution < -0.4 is 5.32 Å². The van der Waals surface area contributed by atoms with E-state index in [2.05, 4.69) is 21.2 Å². The molecule has 1 aromatic rings. The molecule has 0 unspecified atom stereocenters. The van der Waals surface area contributed by atoms with Gasteiger partial charge in [-0.15, -0.1) is 0 Å². The van der Waals surface area contributed by atoms with E-state index in [0.29, 0.717) is 13.2 Å². The molecule has 0 heterocycles. The second kappa shape index (κ2) is 8.28. The predicted octanol–water partition coefficient (Wildman–Crippen LogP) is 1.92. The molecule has 20 heavy (non-hydrogen) atoms. The van der Waals surface area contributed by atoms with Crippen LogP contribution in [0.25, 0.3) is 0 Å². The van der Waals surface area contributed by atoms with Crippen molar-refractivity contribution < 1.29 is 18.3 Å². The largest absolute Gasteiger partial charge is 0.383 e. The van der Waals surface area contributed by atoms with Gasteiger partial charge in [-0.1, -0.05) is 0 Å². The molecule has 1 N–H and O–H groups in total. The summed E-state index contributed by atoms with van der Waals surface area (Å²) in [5.74, 6) is -1.49. The molecule has 0 spiro atoms. The number of methoxy groups -OCH3 is 1. The summed E-state index contributed by atoms with van der Waals surface area (Å²) < 4.78 is 32.4. The molecule has 1 aromatic carbocycles. The highest BCUT2D eigenvalue weighted by atomic mass is 79.9. The fourth-order valence-electron chi connectivity index (χ4n) is 1.63. The fourth-order valence-corrected chi connectivity index (χ4v) is 2.00. The van der Waals surface area contributed by atoms with E-state index in [1.165, 1.54) is 24.1 Å². The zero-order valence-corrected chi connectivity index (χ0v) is 13.0. The van der Waals surface area contributed by atoms with Crippen molar-refractivity contribution in [1.82, 2.24) is 10.2 Å². The van der Waals surface area contributed by atoms with Crippen molar-refractivity contribution in [2.24, 2.45) is 0 Å².